The van der Waals surface area contributed by atoms with Gasteiger partial charge in [0.1, 0.15) is 6.61 Å². The van der Waals surface area contributed by atoms with Gasteiger partial charge in [0.2, 0.25) is 5.82 Å². The minimum Gasteiger partial charge on any atom is -0.391 e. The molecule has 0 saturated heterocycles. The fraction of sp³-hybridized carbons (Fsp3) is 0.300. The second kappa shape index (κ2) is 5.76. The maximum Gasteiger partial charge on any atom is 0.200 e. The zero-order valence-corrected chi connectivity index (χ0v) is 9.11. The molecular weight excluding hydrogens is 261 g/mol. The van der Waals surface area contributed by atoms with E-state index in [1.54, 1.807) is 0 Å². The molecule has 0 unspecified atom stereocenters. The minimum atomic E-state index is -2.23. The van der Waals surface area contributed by atoms with Crippen molar-refractivity contribution in [3.05, 3.63) is 34.6 Å². The first kappa shape index (κ1) is 14.4. The van der Waals surface area contributed by atoms with Gasteiger partial charge < -0.3 is 9.94 Å². The van der Waals surface area contributed by atoms with Crippen LogP contribution in [0.3, 0.4) is 0 Å². The number of hydrogen-bond donors (Lipinski definition) is 1. The Morgan fingerprint density at radius 2 is 1.44 bits per heavy atom. The highest BCUT2D eigenvalue weighted by molar-refractivity contribution is 5.82. The standard InChI is InChI=1S/C10H8F5NO2/c1-4(2-17)16-18-3-5-6(11)8(13)10(15)9(14)7(5)12/h17H,2-3H2,1H3. The highest BCUT2D eigenvalue weighted by Gasteiger charge is 2.25. The molecular formula is C10H8F5NO2. The van der Waals surface area contributed by atoms with Crippen molar-refractivity contribution in [3.63, 3.8) is 0 Å². The van der Waals surface area contributed by atoms with Gasteiger partial charge in [0.05, 0.1) is 17.9 Å². The van der Waals surface area contributed by atoms with Crippen molar-refractivity contribution in [1.82, 2.24) is 0 Å². The van der Waals surface area contributed by atoms with E-state index >= 15 is 0 Å². The van der Waals surface area contributed by atoms with Gasteiger partial charge in [-0.2, -0.15) is 0 Å². The fourth-order valence-electron chi connectivity index (χ4n) is 1.01. The first-order valence-electron chi connectivity index (χ1n) is 4.66. The molecule has 0 atom stereocenters. The maximum atomic E-state index is 13.1. The molecule has 0 bridgehead atoms. The Hall–Kier alpha value is -1.70. The number of hydrogen-bond acceptors (Lipinski definition) is 3. The molecule has 0 fully saturated rings. The molecule has 0 aromatic heterocycles. The smallest absolute Gasteiger partial charge is 0.200 e. The van der Waals surface area contributed by atoms with E-state index in [-0.39, 0.29) is 5.71 Å². The van der Waals surface area contributed by atoms with Crippen LogP contribution >= 0.6 is 0 Å². The summed E-state index contributed by atoms with van der Waals surface area (Å²) < 4.78 is 64.4. The number of aliphatic hydroxyl groups is 1. The number of benzene rings is 1. The zero-order valence-electron chi connectivity index (χ0n) is 9.11. The van der Waals surface area contributed by atoms with Gasteiger partial charge in [0.15, 0.2) is 23.3 Å². The van der Waals surface area contributed by atoms with Crippen LogP contribution in [0, 0.1) is 29.1 Å². The molecule has 0 radical (unpaired) electrons. The Kier molecular flexibility index (Phi) is 4.60. The van der Waals surface area contributed by atoms with E-state index in [4.69, 9.17) is 5.11 Å². The van der Waals surface area contributed by atoms with Gasteiger partial charge >= 0.3 is 0 Å². The lowest BCUT2D eigenvalue weighted by Gasteiger charge is -2.07. The van der Waals surface area contributed by atoms with Crippen molar-refractivity contribution in [1.29, 1.82) is 0 Å². The third-order valence-corrected chi connectivity index (χ3v) is 1.96. The van der Waals surface area contributed by atoms with Crippen molar-refractivity contribution in [2.45, 2.75) is 13.5 Å². The Morgan fingerprint density at radius 3 is 1.89 bits per heavy atom. The van der Waals surface area contributed by atoms with Crippen LogP contribution in [-0.4, -0.2) is 17.4 Å². The lowest BCUT2D eigenvalue weighted by atomic mass is 10.2. The third-order valence-electron chi connectivity index (χ3n) is 1.96. The average Bonchev–Trinajstić information content (AvgIpc) is 2.37. The lowest BCUT2D eigenvalue weighted by molar-refractivity contribution is 0.121. The first-order chi connectivity index (χ1) is 8.40. The van der Waals surface area contributed by atoms with Crippen LogP contribution in [-0.2, 0) is 11.4 Å². The molecule has 1 rings (SSSR count). The van der Waals surface area contributed by atoms with Gasteiger partial charge in [0, 0.05) is 0 Å². The van der Waals surface area contributed by atoms with Gasteiger partial charge in [-0.15, -0.1) is 0 Å². The van der Waals surface area contributed by atoms with Crippen molar-refractivity contribution in [3.8, 4) is 0 Å². The first-order valence-corrected chi connectivity index (χ1v) is 4.66. The summed E-state index contributed by atoms with van der Waals surface area (Å²) in [5.41, 5.74) is -1.04. The van der Waals surface area contributed by atoms with Crippen molar-refractivity contribution in [2.24, 2.45) is 5.16 Å². The van der Waals surface area contributed by atoms with Gasteiger partial charge in [-0.25, -0.2) is 22.0 Å². The Bertz CT molecular complexity index is 461. The largest absolute Gasteiger partial charge is 0.391 e. The van der Waals surface area contributed by atoms with E-state index in [9.17, 15) is 22.0 Å². The van der Waals surface area contributed by atoms with E-state index < -0.39 is 47.9 Å². The third kappa shape index (κ3) is 2.76. The Morgan fingerprint density at radius 1 is 1.00 bits per heavy atom. The Balaban J connectivity index is 3.03. The molecule has 0 spiro atoms. The fourth-order valence-corrected chi connectivity index (χ4v) is 1.01. The summed E-state index contributed by atoms with van der Waals surface area (Å²) in [4.78, 5) is 4.38. The van der Waals surface area contributed by atoms with Crippen LogP contribution in [0.4, 0.5) is 22.0 Å². The van der Waals surface area contributed by atoms with Crippen LogP contribution < -0.4 is 0 Å². The predicted octanol–water partition coefficient (Wildman–Crippen LogP) is 2.27. The number of halogens is 5. The normalized spacial score (nSPS) is 11.8. The summed E-state index contributed by atoms with van der Waals surface area (Å²) in [6.07, 6.45) is 0. The molecule has 1 aromatic rings. The molecule has 0 heterocycles. The summed E-state index contributed by atoms with van der Waals surface area (Å²) in [5.74, 6) is -10.3. The molecule has 1 aromatic carbocycles. The monoisotopic (exact) mass is 269 g/mol. The number of nitrogens with zero attached hydrogens (tertiary/aromatic N) is 1. The van der Waals surface area contributed by atoms with E-state index in [0.29, 0.717) is 0 Å². The van der Waals surface area contributed by atoms with Crippen LogP contribution in [0.2, 0.25) is 0 Å². The minimum absolute atomic E-state index is 0.0823. The molecule has 0 amide bonds. The maximum absolute atomic E-state index is 13.1. The second-order valence-corrected chi connectivity index (χ2v) is 3.31. The molecule has 3 nitrogen and oxygen atoms in total. The SMILES string of the molecule is CC(CO)=NOCc1c(F)c(F)c(F)c(F)c1F. The Labute approximate surface area is 98.5 Å². The number of rotatable bonds is 4. The predicted molar refractivity (Wildman–Crippen MR) is 51.2 cm³/mol. The summed E-state index contributed by atoms with van der Waals surface area (Å²) in [6.45, 7) is -0.0568. The van der Waals surface area contributed by atoms with Crippen LogP contribution in [0.15, 0.2) is 5.16 Å². The highest BCUT2D eigenvalue weighted by Crippen LogP contribution is 2.23. The van der Waals surface area contributed by atoms with Crippen LogP contribution in [0.5, 0.6) is 0 Å². The van der Waals surface area contributed by atoms with Crippen LogP contribution in [0.25, 0.3) is 0 Å². The van der Waals surface area contributed by atoms with E-state index in [1.807, 2.05) is 0 Å². The average molecular weight is 269 g/mol. The number of aliphatic hydroxyl groups excluding tert-OH is 1. The molecule has 0 aliphatic heterocycles. The van der Waals surface area contributed by atoms with Crippen molar-refractivity contribution in [2.75, 3.05) is 6.61 Å². The summed E-state index contributed by atoms with van der Waals surface area (Å²) >= 11 is 0. The summed E-state index contributed by atoms with van der Waals surface area (Å²) in [6, 6.07) is 0. The second-order valence-electron chi connectivity index (χ2n) is 3.31. The van der Waals surface area contributed by atoms with Gasteiger partial charge in [-0.1, -0.05) is 5.16 Å². The quantitative estimate of drug-likeness (QED) is 0.299. The molecule has 100 valence electrons. The zero-order chi connectivity index (χ0) is 13.9. The highest BCUT2D eigenvalue weighted by atomic mass is 19.2. The molecule has 0 aliphatic carbocycles. The van der Waals surface area contributed by atoms with Gasteiger partial charge in [-0.3, -0.25) is 0 Å². The van der Waals surface area contributed by atoms with Crippen molar-refractivity contribution >= 4 is 5.71 Å². The molecule has 0 aliphatic rings. The summed E-state index contributed by atoms with van der Waals surface area (Å²) in [7, 11) is 0. The van der Waals surface area contributed by atoms with E-state index in [0.717, 1.165) is 0 Å². The molecule has 0 saturated carbocycles. The lowest BCUT2D eigenvalue weighted by Crippen LogP contribution is -2.08. The molecule has 1 N–H and O–H groups in total. The van der Waals surface area contributed by atoms with Crippen molar-refractivity contribution < 1.29 is 31.9 Å². The van der Waals surface area contributed by atoms with Gasteiger partial charge in [-0.05, 0) is 6.92 Å². The molecule has 18 heavy (non-hydrogen) atoms. The van der Waals surface area contributed by atoms with Crippen LogP contribution in [0.1, 0.15) is 12.5 Å². The van der Waals surface area contributed by atoms with E-state index in [1.165, 1.54) is 6.92 Å². The molecule has 8 heteroatoms. The topological polar surface area (TPSA) is 41.8 Å². The summed E-state index contributed by atoms with van der Waals surface area (Å²) in [5, 5.41) is 11.7. The van der Waals surface area contributed by atoms with E-state index in [2.05, 4.69) is 9.99 Å². The number of oxime groups is 1. The van der Waals surface area contributed by atoms with Gasteiger partial charge in [0.25, 0.3) is 0 Å².